The summed E-state index contributed by atoms with van der Waals surface area (Å²) >= 11 is 0. The molecule has 116 valence electrons. The first-order valence-electron chi connectivity index (χ1n) is 8.03. The van der Waals surface area contributed by atoms with Gasteiger partial charge in [0.1, 0.15) is 5.75 Å². The molecule has 1 aromatic rings. The number of methoxy groups -OCH3 is 1. The van der Waals surface area contributed by atoms with Crippen LogP contribution in [0.15, 0.2) is 18.2 Å². The molecule has 4 nitrogen and oxygen atoms in total. The summed E-state index contributed by atoms with van der Waals surface area (Å²) in [5.74, 6) is 0.890. The van der Waals surface area contributed by atoms with E-state index in [1.165, 1.54) is 31.4 Å². The van der Waals surface area contributed by atoms with E-state index in [0.717, 1.165) is 24.5 Å². The highest BCUT2D eigenvalue weighted by molar-refractivity contribution is 5.61. The lowest BCUT2D eigenvalue weighted by Crippen LogP contribution is -2.53. The van der Waals surface area contributed by atoms with Gasteiger partial charge in [-0.2, -0.15) is 0 Å². The predicted octanol–water partition coefficient (Wildman–Crippen LogP) is 2.86. The van der Waals surface area contributed by atoms with Crippen LogP contribution in [0.5, 0.6) is 5.75 Å². The van der Waals surface area contributed by atoms with E-state index in [0.29, 0.717) is 12.1 Å². The van der Waals surface area contributed by atoms with E-state index >= 15 is 0 Å². The van der Waals surface area contributed by atoms with Gasteiger partial charge in [0.25, 0.3) is 0 Å². The van der Waals surface area contributed by atoms with Crippen LogP contribution in [0.1, 0.15) is 44.2 Å². The zero-order valence-corrected chi connectivity index (χ0v) is 13.0. The monoisotopic (exact) mass is 290 g/mol. The van der Waals surface area contributed by atoms with Gasteiger partial charge in [-0.1, -0.05) is 18.9 Å². The summed E-state index contributed by atoms with van der Waals surface area (Å²) in [5.41, 5.74) is 8.57. The number of ether oxygens (including phenoxy) is 2. The zero-order chi connectivity index (χ0) is 14.8. The molecule has 0 spiro atoms. The molecule has 0 bridgehead atoms. The normalized spacial score (nSPS) is 27.1. The van der Waals surface area contributed by atoms with Crippen molar-refractivity contribution in [2.24, 2.45) is 5.73 Å². The summed E-state index contributed by atoms with van der Waals surface area (Å²) in [4.78, 5) is 2.51. The summed E-state index contributed by atoms with van der Waals surface area (Å²) < 4.78 is 11.5. The molecule has 1 heterocycles. The lowest BCUT2D eigenvalue weighted by atomic mass is 9.89. The smallest absolute Gasteiger partial charge is 0.125 e. The Bertz CT molecular complexity index is 488. The van der Waals surface area contributed by atoms with Crippen molar-refractivity contribution in [3.05, 3.63) is 23.8 Å². The van der Waals surface area contributed by atoms with Gasteiger partial charge in [0, 0.05) is 23.8 Å². The van der Waals surface area contributed by atoms with Crippen molar-refractivity contribution in [2.45, 2.75) is 50.8 Å². The first-order chi connectivity index (χ1) is 10.2. The summed E-state index contributed by atoms with van der Waals surface area (Å²) in [5, 5.41) is 0. The highest BCUT2D eigenvalue weighted by atomic mass is 16.5. The molecule has 0 amide bonds. The second kappa shape index (κ2) is 6.24. The molecule has 1 aromatic carbocycles. The molecule has 2 fully saturated rings. The molecule has 2 N–H and O–H groups in total. The van der Waals surface area contributed by atoms with Gasteiger partial charge in [-0.05, 0) is 31.9 Å². The summed E-state index contributed by atoms with van der Waals surface area (Å²) in [6.07, 6.45) is 5.34. The van der Waals surface area contributed by atoms with Crippen LogP contribution < -0.4 is 15.4 Å². The van der Waals surface area contributed by atoms with Crippen LogP contribution in [0, 0.1) is 0 Å². The van der Waals surface area contributed by atoms with Crippen LogP contribution >= 0.6 is 0 Å². The number of morpholine rings is 1. The fourth-order valence-corrected chi connectivity index (χ4v) is 3.81. The van der Waals surface area contributed by atoms with E-state index in [2.05, 4.69) is 17.0 Å². The van der Waals surface area contributed by atoms with Gasteiger partial charge >= 0.3 is 0 Å². The number of anilines is 1. The second-order valence-electron chi connectivity index (χ2n) is 6.14. The van der Waals surface area contributed by atoms with Crippen LogP contribution in [-0.4, -0.2) is 32.4 Å². The Kier molecular flexibility index (Phi) is 4.36. The minimum Gasteiger partial charge on any atom is -0.496 e. The molecule has 0 radical (unpaired) electrons. The maximum Gasteiger partial charge on any atom is 0.125 e. The lowest BCUT2D eigenvalue weighted by molar-refractivity contribution is -0.00877. The van der Waals surface area contributed by atoms with E-state index in [1.54, 1.807) is 7.11 Å². The summed E-state index contributed by atoms with van der Waals surface area (Å²) in [6.45, 7) is 3.77. The largest absolute Gasteiger partial charge is 0.496 e. The number of nitrogens with two attached hydrogens (primary N) is 1. The van der Waals surface area contributed by atoms with Gasteiger partial charge in [-0.3, -0.25) is 0 Å². The fraction of sp³-hybridized carbons (Fsp3) is 0.647. The van der Waals surface area contributed by atoms with Crippen molar-refractivity contribution in [3.8, 4) is 5.75 Å². The molecule has 1 saturated carbocycles. The molecule has 0 aromatic heterocycles. The third kappa shape index (κ3) is 2.74. The molecule has 2 unspecified atom stereocenters. The van der Waals surface area contributed by atoms with Gasteiger partial charge in [0.15, 0.2) is 0 Å². The minimum atomic E-state index is -0.0407. The van der Waals surface area contributed by atoms with Gasteiger partial charge in [-0.15, -0.1) is 0 Å². The molecule has 3 atom stereocenters. The van der Waals surface area contributed by atoms with E-state index in [-0.39, 0.29) is 6.04 Å². The van der Waals surface area contributed by atoms with Crippen LogP contribution in [0.4, 0.5) is 5.69 Å². The average molecular weight is 290 g/mol. The van der Waals surface area contributed by atoms with Crippen LogP contribution in [-0.2, 0) is 4.74 Å². The van der Waals surface area contributed by atoms with Crippen molar-refractivity contribution < 1.29 is 9.47 Å². The number of hydrogen-bond donors (Lipinski definition) is 1. The first kappa shape index (κ1) is 14.7. The van der Waals surface area contributed by atoms with E-state index in [1.807, 2.05) is 13.0 Å². The van der Waals surface area contributed by atoms with Crippen molar-refractivity contribution in [1.82, 2.24) is 0 Å². The Morgan fingerprint density at radius 1 is 1.33 bits per heavy atom. The molecule has 4 heteroatoms. The highest BCUT2D eigenvalue weighted by Crippen LogP contribution is 2.38. The van der Waals surface area contributed by atoms with E-state index < -0.39 is 0 Å². The van der Waals surface area contributed by atoms with Crippen molar-refractivity contribution in [1.29, 1.82) is 0 Å². The van der Waals surface area contributed by atoms with Gasteiger partial charge < -0.3 is 20.1 Å². The fourth-order valence-electron chi connectivity index (χ4n) is 3.81. The quantitative estimate of drug-likeness (QED) is 0.930. The molecule has 1 aliphatic heterocycles. The molecule has 1 aliphatic carbocycles. The molecular formula is C17H26N2O2. The van der Waals surface area contributed by atoms with Gasteiger partial charge in [0.2, 0.25) is 0 Å². The Hall–Kier alpha value is -1.26. The van der Waals surface area contributed by atoms with Crippen molar-refractivity contribution >= 4 is 5.69 Å². The van der Waals surface area contributed by atoms with Gasteiger partial charge in [0.05, 0.1) is 25.9 Å². The molecular weight excluding hydrogens is 264 g/mol. The maximum atomic E-state index is 6.23. The Morgan fingerprint density at radius 2 is 2.14 bits per heavy atom. The molecule has 21 heavy (non-hydrogen) atoms. The Labute approximate surface area is 127 Å². The van der Waals surface area contributed by atoms with Gasteiger partial charge in [-0.25, -0.2) is 0 Å². The van der Waals surface area contributed by atoms with Crippen molar-refractivity contribution in [2.75, 3.05) is 25.2 Å². The predicted molar refractivity (Wildman–Crippen MR) is 84.9 cm³/mol. The minimum absolute atomic E-state index is 0.0407. The van der Waals surface area contributed by atoms with Crippen LogP contribution in [0.2, 0.25) is 0 Å². The molecule has 1 saturated heterocycles. The topological polar surface area (TPSA) is 47.7 Å². The summed E-state index contributed by atoms with van der Waals surface area (Å²) in [6, 6.07) is 6.69. The van der Waals surface area contributed by atoms with E-state index in [4.69, 9.17) is 15.2 Å². The third-order valence-electron chi connectivity index (χ3n) is 4.76. The Morgan fingerprint density at radius 3 is 2.90 bits per heavy atom. The van der Waals surface area contributed by atoms with Crippen LogP contribution in [0.25, 0.3) is 0 Å². The van der Waals surface area contributed by atoms with E-state index in [9.17, 15) is 0 Å². The first-order valence-corrected chi connectivity index (χ1v) is 8.03. The molecule has 3 rings (SSSR count). The third-order valence-corrected chi connectivity index (χ3v) is 4.76. The highest BCUT2D eigenvalue weighted by Gasteiger charge is 2.35. The number of fused-ring (bicyclic) bond motifs is 1. The number of rotatable bonds is 3. The molecule has 2 aliphatic rings. The second-order valence-corrected chi connectivity index (χ2v) is 6.14. The van der Waals surface area contributed by atoms with Crippen LogP contribution in [0.3, 0.4) is 0 Å². The zero-order valence-electron chi connectivity index (χ0n) is 13.0. The lowest BCUT2D eigenvalue weighted by Gasteiger charge is -2.46. The maximum absolute atomic E-state index is 6.23. The van der Waals surface area contributed by atoms with Crippen molar-refractivity contribution in [3.63, 3.8) is 0 Å². The Balaban J connectivity index is 1.98. The summed E-state index contributed by atoms with van der Waals surface area (Å²) in [7, 11) is 1.72. The SMILES string of the molecule is COc1cccc(N2CCOC3CCCCC32)c1[C@H](C)N. The number of nitrogens with zero attached hydrogens (tertiary/aromatic N) is 1. The standard InChI is InChI=1S/C17H26N2O2/c1-12(18)17-14(7-5-9-16(17)20-2)19-10-11-21-15-8-4-3-6-13(15)19/h5,7,9,12-13,15H,3-4,6,8,10-11,18H2,1-2H3/t12-,13?,15?/m0/s1. The number of hydrogen-bond acceptors (Lipinski definition) is 4. The number of benzene rings is 1. The average Bonchev–Trinajstić information content (AvgIpc) is 2.53.